The van der Waals surface area contributed by atoms with Gasteiger partial charge < -0.3 is 16.2 Å². The van der Waals surface area contributed by atoms with Crippen LogP contribution in [0.5, 0.6) is 0 Å². The number of nitrogen functional groups attached to an aromatic ring is 1. The number of anilines is 1. The van der Waals surface area contributed by atoms with Crippen LogP contribution in [0, 0.1) is 5.92 Å². The molecule has 0 radical (unpaired) electrons. The lowest BCUT2D eigenvalue weighted by Crippen LogP contribution is -2.22. The Labute approximate surface area is 112 Å². The molecule has 0 saturated carbocycles. The average molecular weight is 268 g/mol. The topological polar surface area (TPSA) is 75.3 Å². The molecule has 18 heavy (non-hydrogen) atoms. The molecule has 0 heterocycles. The molecule has 0 aliphatic rings. The minimum Gasteiger partial charge on any atom is -0.398 e. The van der Waals surface area contributed by atoms with Gasteiger partial charge >= 0.3 is 0 Å². The second kappa shape index (κ2) is 7.28. The smallest absolute Gasteiger partial charge is 0.251 e. The third-order valence-corrected chi connectivity index (χ3v) is 3.86. The Hall–Kier alpha value is -1.20. The molecule has 1 unspecified atom stereocenters. The second-order valence-corrected chi connectivity index (χ2v) is 5.27. The molecule has 5 heteroatoms. The van der Waals surface area contributed by atoms with Crippen molar-refractivity contribution in [3.05, 3.63) is 23.8 Å². The van der Waals surface area contributed by atoms with Gasteiger partial charge in [0.25, 0.3) is 5.91 Å². The Morgan fingerprint density at radius 1 is 1.56 bits per heavy atom. The summed E-state index contributed by atoms with van der Waals surface area (Å²) in [6.07, 6.45) is 0. The van der Waals surface area contributed by atoms with Crippen LogP contribution in [0.2, 0.25) is 0 Å². The lowest BCUT2D eigenvalue weighted by Gasteiger charge is -2.10. The van der Waals surface area contributed by atoms with E-state index in [1.807, 2.05) is 19.9 Å². The number of rotatable bonds is 6. The minimum absolute atomic E-state index is 0.107. The van der Waals surface area contributed by atoms with E-state index in [9.17, 15) is 4.79 Å². The van der Waals surface area contributed by atoms with Crippen LogP contribution in [0.15, 0.2) is 23.1 Å². The first-order valence-corrected chi connectivity index (χ1v) is 6.98. The van der Waals surface area contributed by atoms with Crippen molar-refractivity contribution >= 4 is 23.4 Å². The van der Waals surface area contributed by atoms with Crippen molar-refractivity contribution in [3.63, 3.8) is 0 Å². The standard InChI is InChI=1S/C13H20N2O2S/c1-3-15-13(17)10-4-5-12(11(14)6-10)18-8-9(2)7-16/h4-6,9,16H,3,7-8,14H2,1-2H3,(H,15,17). The summed E-state index contributed by atoms with van der Waals surface area (Å²) in [4.78, 5) is 12.6. The largest absolute Gasteiger partial charge is 0.398 e. The third kappa shape index (κ3) is 4.23. The van der Waals surface area contributed by atoms with Gasteiger partial charge in [-0.1, -0.05) is 6.92 Å². The minimum atomic E-state index is -0.107. The Kier molecular flexibility index (Phi) is 6.01. The van der Waals surface area contributed by atoms with E-state index in [0.717, 1.165) is 10.6 Å². The maximum atomic E-state index is 11.6. The Morgan fingerprint density at radius 2 is 2.28 bits per heavy atom. The predicted molar refractivity (Wildman–Crippen MR) is 75.8 cm³/mol. The van der Waals surface area contributed by atoms with E-state index in [4.69, 9.17) is 10.8 Å². The first-order chi connectivity index (χ1) is 8.58. The van der Waals surface area contributed by atoms with Crippen molar-refractivity contribution < 1.29 is 9.90 Å². The van der Waals surface area contributed by atoms with Crippen molar-refractivity contribution in [1.29, 1.82) is 0 Å². The maximum absolute atomic E-state index is 11.6. The molecule has 100 valence electrons. The van der Waals surface area contributed by atoms with Crippen LogP contribution in [0.25, 0.3) is 0 Å². The second-order valence-electron chi connectivity index (χ2n) is 4.21. The molecular weight excluding hydrogens is 248 g/mol. The molecule has 0 spiro atoms. The van der Waals surface area contributed by atoms with E-state index >= 15 is 0 Å². The van der Waals surface area contributed by atoms with E-state index in [-0.39, 0.29) is 18.4 Å². The summed E-state index contributed by atoms with van der Waals surface area (Å²) in [5, 5.41) is 11.7. The van der Waals surface area contributed by atoms with Crippen LogP contribution in [-0.2, 0) is 0 Å². The number of aliphatic hydroxyl groups excluding tert-OH is 1. The Morgan fingerprint density at radius 3 is 2.83 bits per heavy atom. The Balaban J connectivity index is 2.70. The summed E-state index contributed by atoms with van der Waals surface area (Å²) < 4.78 is 0. The van der Waals surface area contributed by atoms with Crippen molar-refractivity contribution in [2.45, 2.75) is 18.7 Å². The Bertz CT molecular complexity index is 410. The highest BCUT2D eigenvalue weighted by Gasteiger charge is 2.08. The molecule has 0 aromatic heterocycles. The summed E-state index contributed by atoms with van der Waals surface area (Å²) >= 11 is 1.60. The highest BCUT2D eigenvalue weighted by molar-refractivity contribution is 7.99. The first-order valence-electron chi connectivity index (χ1n) is 5.99. The van der Waals surface area contributed by atoms with Gasteiger partial charge in [0.2, 0.25) is 0 Å². The van der Waals surface area contributed by atoms with E-state index in [2.05, 4.69) is 5.32 Å². The number of benzene rings is 1. The number of amides is 1. The molecule has 1 amide bonds. The van der Waals surface area contributed by atoms with Crippen LogP contribution >= 0.6 is 11.8 Å². The summed E-state index contributed by atoms with van der Waals surface area (Å²) in [7, 11) is 0. The number of hydrogen-bond donors (Lipinski definition) is 3. The lowest BCUT2D eigenvalue weighted by molar-refractivity contribution is 0.0956. The fraction of sp³-hybridized carbons (Fsp3) is 0.462. The van der Waals surface area contributed by atoms with E-state index in [0.29, 0.717) is 17.8 Å². The molecule has 1 aromatic rings. The van der Waals surface area contributed by atoms with Gasteiger partial charge in [0.15, 0.2) is 0 Å². The number of thioether (sulfide) groups is 1. The monoisotopic (exact) mass is 268 g/mol. The van der Waals surface area contributed by atoms with Crippen LogP contribution in [-0.4, -0.2) is 29.9 Å². The molecule has 0 saturated heterocycles. The summed E-state index contributed by atoms with van der Waals surface area (Å²) in [6.45, 7) is 4.63. The van der Waals surface area contributed by atoms with Crippen molar-refractivity contribution in [2.75, 3.05) is 24.6 Å². The summed E-state index contributed by atoms with van der Waals surface area (Å²) in [6, 6.07) is 5.32. The molecule has 4 nitrogen and oxygen atoms in total. The molecule has 1 aromatic carbocycles. The lowest BCUT2D eigenvalue weighted by atomic mass is 10.2. The van der Waals surface area contributed by atoms with Crippen molar-refractivity contribution in [1.82, 2.24) is 5.32 Å². The number of nitrogens with one attached hydrogen (secondary N) is 1. The third-order valence-electron chi connectivity index (χ3n) is 2.44. The molecule has 4 N–H and O–H groups in total. The van der Waals surface area contributed by atoms with Crippen LogP contribution in [0.3, 0.4) is 0 Å². The molecule has 0 aliphatic heterocycles. The molecule has 1 rings (SSSR count). The van der Waals surface area contributed by atoms with E-state index < -0.39 is 0 Å². The zero-order valence-corrected chi connectivity index (χ0v) is 11.6. The normalized spacial score (nSPS) is 12.2. The summed E-state index contributed by atoms with van der Waals surface area (Å²) in [5.41, 5.74) is 7.10. The highest BCUT2D eigenvalue weighted by Crippen LogP contribution is 2.27. The molecule has 0 bridgehead atoms. The number of aliphatic hydroxyl groups is 1. The van der Waals surface area contributed by atoms with Gasteiger partial charge in [0, 0.05) is 35.1 Å². The fourth-order valence-electron chi connectivity index (χ4n) is 1.37. The predicted octanol–water partition coefficient (Wildman–Crippen LogP) is 1.74. The van der Waals surface area contributed by atoms with E-state index in [1.54, 1.807) is 23.9 Å². The average Bonchev–Trinajstić information content (AvgIpc) is 2.37. The highest BCUT2D eigenvalue weighted by atomic mass is 32.2. The van der Waals surface area contributed by atoms with Gasteiger partial charge in [0.05, 0.1) is 0 Å². The van der Waals surface area contributed by atoms with Gasteiger partial charge in [-0.3, -0.25) is 4.79 Å². The maximum Gasteiger partial charge on any atom is 0.251 e. The number of carbonyl (C=O) groups excluding carboxylic acids is 1. The van der Waals surface area contributed by atoms with Crippen LogP contribution < -0.4 is 11.1 Å². The number of hydrogen-bond acceptors (Lipinski definition) is 4. The quantitative estimate of drug-likeness (QED) is 0.542. The zero-order valence-electron chi connectivity index (χ0n) is 10.8. The SMILES string of the molecule is CCNC(=O)c1ccc(SCC(C)CO)c(N)c1. The summed E-state index contributed by atoms with van der Waals surface area (Å²) in [5.74, 6) is 0.934. The van der Waals surface area contributed by atoms with Crippen LogP contribution in [0.1, 0.15) is 24.2 Å². The van der Waals surface area contributed by atoms with Gasteiger partial charge in [-0.25, -0.2) is 0 Å². The van der Waals surface area contributed by atoms with Crippen molar-refractivity contribution in [3.8, 4) is 0 Å². The fourth-order valence-corrected chi connectivity index (χ4v) is 2.33. The zero-order chi connectivity index (χ0) is 13.5. The molecule has 1 atom stereocenters. The van der Waals surface area contributed by atoms with E-state index in [1.165, 1.54) is 0 Å². The molecule has 0 aliphatic carbocycles. The van der Waals surface area contributed by atoms with Gasteiger partial charge in [-0.05, 0) is 31.0 Å². The number of nitrogens with two attached hydrogens (primary N) is 1. The molecule has 0 fully saturated rings. The van der Waals surface area contributed by atoms with Gasteiger partial charge in [-0.2, -0.15) is 0 Å². The molecular formula is C13H20N2O2S. The van der Waals surface area contributed by atoms with Gasteiger partial charge in [0.1, 0.15) is 0 Å². The first kappa shape index (κ1) is 14.9. The van der Waals surface area contributed by atoms with Crippen molar-refractivity contribution in [2.24, 2.45) is 5.92 Å². The number of carbonyl (C=O) groups is 1. The van der Waals surface area contributed by atoms with Gasteiger partial charge in [-0.15, -0.1) is 11.8 Å². The van der Waals surface area contributed by atoms with Crippen LogP contribution in [0.4, 0.5) is 5.69 Å².